The maximum Gasteiger partial charge on any atom is 0.304 e. The quantitative estimate of drug-likeness (QED) is 0.847. The Kier molecular flexibility index (Phi) is 4.92. The van der Waals surface area contributed by atoms with E-state index in [1.165, 1.54) is 12.1 Å². The highest BCUT2D eigenvalue weighted by Gasteiger charge is 2.17. The Morgan fingerprint density at radius 2 is 1.85 bits per heavy atom. The number of phenols is 1. The average molecular weight is 282 g/mol. The fourth-order valence-electron chi connectivity index (χ4n) is 2.33. The number of nitrogens with zero attached hydrogens (tertiary/aromatic N) is 2. The maximum absolute atomic E-state index is 13.2. The van der Waals surface area contributed by atoms with Crippen molar-refractivity contribution < 1.29 is 19.4 Å². The van der Waals surface area contributed by atoms with E-state index >= 15 is 0 Å². The molecule has 0 amide bonds. The predicted molar refractivity (Wildman–Crippen MR) is 72.0 cm³/mol. The SMILES string of the molecule is O=C(O)CCN1CCN(Cc2ccc(O)c(F)c2)CC1. The number of piperazine rings is 1. The van der Waals surface area contributed by atoms with Gasteiger partial charge in [-0.2, -0.15) is 0 Å². The number of carboxylic acid groups (broad SMARTS) is 1. The van der Waals surface area contributed by atoms with Gasteiger partial charge in [0.05, 0.1) is 6.42 Å². The molecule has 0 radical (unpaired) electrons. The molecule has 0 aliphatic carbocycles. The molecule has 0 saturated carbocycles. The van der Waals surface area contributed by atoms with Crippen molar-refractivity contribution in [3.63, 3.8) is 0 Å². The highest BCUT2D eigenvalue weighted by Crippen LogP contribution is 2.17. The minimum Gasteiger partial charge on any atom is -0.505 e. The summed E-state index contributed by atoms with van der Waals surface area (Å²) >= 11 is 0. The Hall–Kier alpha value is -1.66. The molecule has 1 aliphatic heterocycles. The summed E-state index contributed by atoms with van der Waals surface area (Å²) in [6.07, 6.45) is 0.170. The largest absolute Gasteiger partial charge is 0.505 e. The zero-order valence-electron chi connectivity index (χ0n) is 11.3. The molecule has 1 heterocycles. The van der Waals surface area contributed by atoms with Gasteiger partial charge in [-0.05, 0) is 17.7 Å². The van der Waals surface area contributed by atoms with Crippen molar-refractivity contribution in [2.24, 2.45) is 0 Å². The van der Waals surface area contributed by atoms with Gasteiger partial charge in [-0.25, -0.2) is 4.39 Å². The van der Waals surface area contributed by atoms with E-state index in [4.69, 9.17) is 10.2 Å². The topological polar surface area (TPSA) is 64.0 Å². The van der Waals surface area contributed by atoms with Crippen molar-refractivity contribution in [3.05, 3.63) is 29.6 Å². The molecule has 1 saturated heterocycles. The van der Waals surface area contributed by atoms with Crippen molar-refractivity contribution in [2.45, 2.75) is 13.0 Å². The molecule has 5 nitrogen and oxygen atoms in total. The van der Waals surface area contributed by atoms with Crippen LogP contribution in [0.5, 0.6) is 5.75 Å². The summed E-state index contributed by atoms with van der Waals surface area (Å²) in [5.74, 6) is -1.69. The third-order valence-electron chi connectivity index (χ3n) is 3.53. The molecular formula is C14H19FN2O3. The minimum absolute atomic E-state index is 0.170. The fourth-order valence-corrected chi connectivity index (χ4v) is 2.33. The number of aliphatic carboxylic acids is 1. The number of phenolic OH excluding ortho intramolecular Hbond substituents is 1. The Morgan fingerprint density at radius 1 is 1.20 bits per heavy atom. The van der Waals surface area contributed by atoms with Crippen LogP contribution in [0.4, 0.5) is 4.39 Å². The van der Waals surface area contributed by atoms with Crippen LogP contribution in [-0.4, -0.2) is 58.7 Å². The lowest BCUT2D eigenvalue weighted by molar-refractivity contribution is -0.137. The van der Waals surface area contributed by atoms with Gasteiger partial charge in [0.2, 0.25) is 0 Å². The standard InChI is InChI=1S/C14H19FN2O3/c15-12-9-11(1-2-13(12)18)10-17-7-5-16(6-8-17)4-3-14(19)20/h1-2,9,18H,3-8,10H2,(H,19,20). The molecule has 0 bridgehead atoms. The summed E-state index contributed by atoms with van der Waals surface area (Å²) < 4.78 is 13.2. The van der Waals surface area contributed by atoms with E-state index in [0.717, 1.165) is 31.7 Å². The third kappa shape index (κ3) is 4.18. The summed E-state index contributed by atoms with van der Waals surface area (Å²) in [7, 11) is 0. The van der Waals surface area contributed by atoms with Gasteiger partial charge in [-0.15, -0.1) is 0 Å². The van der Waals surface area contributed by atoms with Gasteiger partial charge < -0.3 is 15.1 Å². The minimum atomic E-state index is -0.771. The van der Waals surface area contributed by atoms with E-state index in [1.54, 1.807) is 6.07 Å². The second kappa shape index (κ2) is 6.67. The Bertz CT molecular complexity index is 473. The number of carboxylic acids is 1. The van der Waals surface area contributed by atoms with Gasteiger partial charge >= 0.3 is 5.97 Å². The molecule has 1 fully saturated rings. The Labute approximate surface area is 117 Å². The van der Waals surface area contributed by atoms with Gasteiger partial charge in [-0.1, -0.05) is 6.07 Å². The third-order valence-corrected chi connectivity index (χ3v) is 3.53. The first-order chi connectivity index (χ1) is 9.54. The summed E-state index contributed by atoms with van der Waals surface area (Å²) in [5.41, 5.74) is 0.833. The zero-order chi connectivity index (χ0) is 14.5. The van der Waals surface area contributed by atoms with E-state index in [9.17, 15) is 9.18 Å². The van der Waals surface area contributed by atoms with E-state index in [1.807, 2.05) is 0 Å². The van der Waals surface area contributed by atoms with Crippen molar-refractivity contribution in [2.75, 3.05) is 32.7 Å². The number of hydrogen-bond acceptors (Lipinski definition) is 4. The molecule has 1 aromatic carbocycles. The summed E-state index contributed by atoms with van der Waals surface area (Å²) in [5, 5.41) is 17.8. The molecule has 110 valence electrons. The molecule has 6 heteroatoms. The van der Waals surface area contributed by atoms with Gasteiger partial charge in [0.1, 0.15) is 0 Å². The van der Waals surface area contributed by atoms with Crippen LogP contribution in [0, 0.1) is 5.82 Å². The normalized spacial score (nSPS) is 17.2. The smallest absolute Gasteiger partial charge is 0.304 e. The number of rotatable bonds is 5. The van der Waals surface area contributed by atoms with E-state index in [-0.39, 0.29) is 12.2 Å². The summed E-state index contributed by atoms with van der Waals surface area (Å²) in [4.78, 5) is 14.8. The van der Waals surface area contributed by atoms with Crippen LogP contribution in [0.1, 0.15) is 12.0 Å². The maximum atomic E-state index is 13.2. The van der Waals surface area contributed by atoms with Crippen molar-refractivity contribution >= 4 is 5.97 Å². The number of carbonyl (C=O) groups is 1. The van der Waals surface area contributed by atoms with Crippen LogP contribution >= 0.6 is 0 Å². The molecule has 2 N–H and O–H groups in total. The molecule has 1 aliphatic rings. The molecular weight excluding hydrogens is 263 g/mol. The molecule has 20 heavy (non-hydrogen) atoms. The van der Waals surface area contributed by atoms with Crippen LogP contribution < -0.4 is 0 Å². The summed E-state index contributed by atoms with van der Waals surface area (Å²) in [6, 6.07) is 4.44. The van der Waals surface area contributed by atoms with Gasteiger partial charge in [-0.3, -0.25) is 9.69 Å². The highest BCUT2D eigenvalue weighted by molar-refractivity contribution is 5.66. The average Bonchev–Trinajstić information content (AvgIpc) is 2.42. The van der Waals surface area contributed by atoms with Crippen LogP contribution in [0.2, 0.25) is 0 Å². The van der Waals surface area contributed by atoms with Crippen LogP contribution in [0.15, 0.2) is 18.2 Å². The predicted octanol–water partition coefficient (Wildman–Crippen LogP) is 1.12. The van der Waals surface area contributed by atoms with Gasteiger partial charge in [0.15, 0.2) is 11.6 Å². The molecule has 1 aromatic rings. The Balaban J connectivity index is 1.79. The molecule has 0 aromatic heterocycles. The lowest BCUT2D eigenvalue weighted by Crippen LogP contribution is -2.46. The Morgan fingerprint density at radius 3 is 2.45 bits per heavy atom. The van der Waals surface area contributed by atoms with Crippen LogP contribution in [0.3, 0.4) is 0 Å². The first-order valence-electron chi connectivity index (χ1n) is 6.68. The molecule has 0 spiro atoms. The molecule has 2 rings (SSSR count). The van der Waals surface area contributed by atoms with Gasteiger partial charge in [0, 0.05) is 39.3 Å². The highest BCUT2D eigenvalue weighted by atomic mass is 19.1. The lowest BCUT2D eigenvalue weighted by atomic mass is 10.2. The first kappa shape index (κ1) is 14.7. The fraction of sp³-hybridized carbons (Fsp3) is 0.500. The number of halogens is 1. The molecule has 0 unspecified atom stereocenters. The van der Waals surface area contributed by atoms with Crippen molar-refractivity contribution in [1.29, 1.82) is 0 Å². The number of aromatic hydroxyl groups is 1. The van der Waals surface area contributed by atoms with Crippen LogP contribution in [-0.2, 0) is 11.3 Å². The van der Waals surface area contributed by atoms with E-state index in [0.29, 0.717) is 13.1 Å². The van der Waals surface area contributed by atoms with Crippen LogP contribution in [0.25, 0.3) is 0 Å². The second-order valence-electron chi connectivity index (χ2n) is 5.05. The summed E-state index contributed by atoms with van der Waals surface area (Å²) in [6.45, 7) is 4.55. The van der Waals surface area contributed by atoms with Crippen molar-refractivity contribution in [1.82, 2.24) is 9.80 Å². The number of benzene rings is 1. The van der Waals surface area contributed by atoms with Gasteiger partial charge in [0.25, 0.3) is 0 Å². The monoisotopic (exact) mass is 282 g/mol. The lowest BCUT2D eigenvalue weighted by Gasteiger charge is -2.34. The zero-order valence-corrected chi connectivity index (χ0v) is 11.3. The van der Waals surface area contributed by atoms with E-state index in [2.05, 4.69) is 9.80 Å². The molecule has 0 atom stereocenters. The second-order valence-corrected chi connectivity index (χ2v) is 5.05. The van der Waals surface area contributed by atoms with Crippen molar-refractivity contribution in [3.8, 4) is 5.75 Å². The first-order valence-corrected chi connectivity index (χ1v) is 6.68. The number of hydrogen-bond donors (Lipinski definition) is 2. The van der Waals surface area contributed by atoms with E-state index < -0.39 is 11.8 Å².